The van der Waals surface area contributed by atoms with Crippen molar-refractivity contribution >= 4 is 0 Å². The van der Waals surface area contributed by atoms with Crippen LogP contribution in [0.3, 0.4) is 0 Å². The number of hydrogen-bond acceptors (Lipinski definition) is 3. The monoisotopic (exact) mass is 293 g/mol. The molecule has 0 saturated heterocycles. The van der Waals surface area contributed by atoms with Crippen molar-refractivity contribution in [1.82, 2.24) is 15.2 Å². The van der Waals surface area contributed by atoms with E-state index < -0.39 is 0 Å². The third kappa shape index (κ3) is 4.75. The molecule has 1 N–H and O–H groups in total. The van der Waals surface area contributed by atoms with Gasteiger partial charge in [-0.05, 0) is 57.7 Å². The molecule has 0 bridgehead atoms. The Balaban J connectivity index is 2.00. The highest BCUT2D eigenvalue weighted by Crippen LogP contribution is 2.31. The topological polar surface area (TPSA) is 28.2 Å². The fourth-order valence-electron chi connectivity index (χ4n) is 2.90. The zero-order valence-corrected chi connectivity index (χ0v) is 13.6. The normalized spacial score (nSPS) is 18.2. The van der Waals surface area contributed by atoms with Gasteiger partial charge in [0.05, 0.1) is 17.9 Å². The molecule has 0 spiro atoms. The standard InChI is InChI=1S/C17H28FN3/c1-12(2)21(11-14-5-6-14)10-13(3)17(19-4)16-8-7-15(18)9-20-16/h7-9,12-14,17,19H,5-6,10-11H2,1-4H3. The number of nitrogens with one attached hydrogen (secondary N) is 1. The highest BCUT2D eigenvalue weighted by molar-refractivity contribution is 5.11. The quantitative estimate of drug-likeness (QED) is 0.797. The van der Waals surface area contributed by atoms with E-state index >= 15 is 0 Å². The lowest BCUT2D eigenvalue weighted by Gasteiger charge is -2.32. The number of aromatic nitrogens is 1. The minimum atomic E-state index is -0.279. The largest absolute Gasteiger partial charge is 0.311 e. The summed E-state index contributed by atoms with van der Waals surface area (Å²) in [5.41, 5.74) is 0.918. The molecule has 1 saturated carbocycles. The number of nitrogens with zero attached hydrogens (tertiary/aromatic N) is 2. The molecular weight excluding hydrogens is 265 g/mol. The molecule has 1 heterocycles. The van der Waals surface area contributed by atoms with E-state index in [0.29, 0.717) is 12.0 Å². The zero-order chi connectivity index (χ0) is 15.4. The zero-order valence-electron chi connectivity index (χ0n) is 13.6. The minimum Gasteiger partial charge on any atom is -0.311 e. The molecule has 1 aliphatic carbocycles. The van der Waals surface area contributed by atoms with Crippen LogP contribution in [-0.2, 0) is 0 Å². The lowest BCUT2D eigenvalue weighted by molar-refractivity contribution is 0.167. The predicted molar refractivity (Wildman–Crippen MR) is 84.6 cm³/mol. The van der Waals surface area contributed by atoms with Gasteiger partial charge in [-0.25, -0.2) is 4.39 Å². The van der Waals surface area contributed by atoms with Crippen LogP contribution in [0.2, 0.25) is 0 Å². The van der Waals surface area contributed by atoms with Crippen LogP contribution in [0.4, 0.5) is 4.39 Å². The van der Waals surface area contributed by atoms with Crippen molar-refractivity contribution in [3.05, 3.63) is 29.8 Å². The van der Waals surface area contributed by atoms with Gasteiger partial charge in [0.2, 0.25) is 0 Å². The smallest absolute Gasteiger partial charge is 0.141 e. The molecule has 2 atom stereocenters. The Morgan fingerprint density at radius 3 is 2.52 bits per heavy atom. The van der Waals surface area contributed by atoms with Gasteiger partial charge in [0.15, 0.2) is 0 Å². The van der Waals surface area contributed by atoms with E-state index in [1.165, 1.54) is 31.6 Å². The molecule has 21 heavy (non-hydrogen) atoms. The van der Waals surface area contributed by atoms with E-state index in [4.69, 9.17) is 0 Å². The molecule has 2 unspecified atom stereocenters. The van der Waals surface area contributed by atoms with Crippen LogP contribution in [0.25, 0.3) is 0 Å². The molecule has 4 heteroatoms. The van der Waals surface area contributed by atoms with Gasteiger partial charge in [0.1, 0.15) is 5.82 Å². The first-order valence-electron chi connectivity index (χ1n) is 8.04. The molecule has 1 fully saturated rings. The highest BCUT2D eigenvalue weighted by Gasteiger charge is 2.28. The van der Waals surface area contributed by atoms with Gasteiger partial charge < -0.3 is 10.2 Å². The van der Waals surface area contributed by atoms with Crippen molar-refractivity contribution in [2.45, 2.75) is 45.7 Å². The molecule has 118 valence electrons. The van der Waals surface area contributed by atoms with Crippen molar-refractivity contribution in [2.24, 2.45) is 11.8 Å². The van der Waals surface area contributed by atoms with Crippen LogP contribution in [0.1, 0.15) is 45.3 Å². The van der Waals surface area contributed by atoms with Gasteiger partial charge in [0.25, 0.3) is 0 Å². The number of rotatable bonds is 8. The summed E-state index contributed by atoms with van der Waals surface area (Å²) in [5.74, 6) is 1.05. The lowest BCUT2D eigenvalue weighted by Crippen LogP contribution is -2.40. The van der Waals surface area contributed by atoms with Crippen LogP contribution in [0.5, 0.6) is 0 Å². The first kappa shape index (κ1) is 16.4. The molecule has 1 aliphatic rings. The van der Waals surface area contributed by atoms with Gasteiger partial charge in [-0.15, -0.1) is 0 Å². The van der Waals surface area contributed by atoms with Gasteiger partial charge in [-0.1, -0.05) is 6.92 Å². The summed E-state index contributed by atoms with van der Waals surface area (Å²) in [6, 6.07) is 4.00. The Bertz CT molecular complexity index is 428. The summed E-state index contributed by atoms with van der Waals surface area (Å²) in [6.07, 6.45) is 4.07. The molecule has 0 amide bonds. The van der Waals surface area contributed by atoms with E-state index in [0.717, 1.165) is 18.2 Å². The molecule has 2 rings (SSSR count). The van der Waals surface area contributed by atoms with Crippen LogP contribution >= 0.6 is 0 Å². The molecule has 1 aromatic heterocycles. The second kappa shape index (κ2) is 7.32. The Kier molecular flexibility index (Phi) is 5.71. The number of halogens is 1. The predicted octanol–water partition coefficient (Wildman–Crippen LogP) is 3.24. The van der Waals surface area contributed by atoms with Crippen molar-refractivity contribution in [3.8, 4) is 0 Å². The van der Waals surface area contributed by atoms with E-state index in [1.807, 2.05) is 7.05 Å². The second-order valence-corrected chi connectivity index (χ2v) is 6.64. The summed E-state index contributed by atoms with van der Waals surface area (Å²) >= 11 is 0. The molecule has 0 aliphatic heterocycles. The van der Waals surface area contributed by atoms with Gasteiger partial charge in [0, 0.05) is 19.1 Å². The third-order valence-electron chi connectivity index (χ3n) is 4.39. The fraction of sp³-hybridized carbons (Fsp3) is 0.706. The first-order chi connectivity index (χ1) is 10.0. The molecule has 0 aromatic carbocycles. The highest BCUT2D eigenvalue weighted by atomic mass is 19.1. The Labute approximate surface area is 127 Å². The number of pyridine rings is 1. The van der Waals surface area contributed by atoms with Crippen molar-refractivity contribution < 1.29 is 4.39 Å². The van der Waals surface area contributed by atoms with Gasteiger partial charge >= 0.3 is 0 Å². The fourth-order valence-corrected chi connectivity index (χ4v) is 2.90. The Morgan fingerprint density at radius 2 is 2.05 bits per heavy atom. The van der Waals surface area contributed by atoms with Gasteiger partial charge in [-0.3, -0.25) is 4.98 Å². The van der Waals surface area contributed by atoms with Crippen LogP contribution in [0.15, 0.2) is 18.3 Å². The average molecular weight is 293 g/mol. The first-order valence-corrected chi connectivity index (χ1v) is 8.04. The Morgan fingerprint density at radius 1 is 1.33 bits per heavy atom. The molecule has 0 radical (unpaired) electrons. The molecule has 3 nitrogen and oxygen atoms in total. The lowest BCUT2D eigenvalue weighted by atomic mass is 9.97. The van der Waals surface area contributed by atoms with E-state index in [1.54, 1.807) is 6.07 Å². The number of hydrogen-bond donors (Lipinski definition) is 1. The summed E-state index contributed by atoms with van der Waals surface area (Å²) in [7, 11) is 1.95. The maximum absolute atomic E-state index is 13.0. The summed E-state index contributed by atoms with van der Waals surface area (Å²) in [6.45, 7) is 9.02. The SMILES string of the molecule is CNC(c1ccc(F)cn1)C(C)CN(CC1CC1)C(C)C. The maximum Gasteiger partial charge on any atom is 0.141 e. The van der Waals surface area contributed by atoms with E-state index in [9.17, 15) is 4.39 Å². The summed E-state index contributed by atoms with van der Waals surface area (Å²) < 4.78 is 13.0. The summed E-state index contributed by atoms with van der Waals surface area (Å²) in [5, 5.41) is 3.34. The van der Waals surface area contributed by atoms with Crippen molar-refractivity contribution in [1.29, 1.82) is 0 Å². The van der Waals surface area contributed by atoms with E-state index in [2.05, 4.69) is 36.0 Å². The minimum absolute atomic E-state index is 0.158. The molecular formula is C17H28FN3. The second-order valence-electron chi connectivity index (χ2n) is 6.64. The third-order valence-corrected chi connectivity index (χ3v) is 4.39. The van der Waals surface area contributed by atoms with Gasteiger partial charge in [-0.2, -0.15) is 0 Å². The average Bonchev–Trinajstić information content (AvgIpc) is 3.25. The summed E-state index contributed by atoms with van der Waals surface area (Å²) in [4.78, 5) is 6.81. The van der Waals surface area contributed by atoms with E-state index in [-0.39, 0.29) is 11.9 Å². The molecule has 1 aromatic rings. The van der Waals surface area contributed by atoms with Crippen molar-refractivity contribution in [2.75, 3.05) is 20.1 Å². The maximum atomic E-state index is 13.0. The van der Waals surface area contributed by atoms with Crippen molar-refractivity contribution in [3.63, 3.8) is 0 Å². The van der Waals surface area contributed by atoms with Crippen LogP contribution < -0.4 is 5.32 Å². The Hall–Kier alpha value is -1.00. The van der Waals surface area contributed by atoms with Crippen LogP contribution in [-0.4, -0.2) is 36.1 Å². The van der Waals surface area contributed by atoms with Crippen LogP contribution in [0, 0.1) is 17.7 Å².